The average Bonchev–Trinajstić information content (AvgIpc) is 1.81. The van der Waals surface area contributed by atoms with E-state index in [1.807, 2.05) is 0 Å². The zero-order chi connectivity index (χ0) is 6.24. The van der Waals surface area contributed by atoms with Crippen molar-refractivity contribution in [2.75, 3.05) is 6.54 Å². The highest BCUT2D eigenvalue weighted by Crippen LogP contribution is 1.81. The van der Waals surface area contributed by atoms with E-state index < -0.39 is 0 Å². The van der Waals surface area contributed by atoms with Crippen LogP contribution in [-0.2, 0) is 0 Å². The van der Waals surface area contributed by atoms with Crippen molar-refractivity contribution in [1.29, 1.82) is 0 Å². The first-order valence-electron chi connectivity index (χ1n) is 3.02. The van der Waals surface area contributed by atoms with Gasteiger partial charge < -0.3 is 5.32 Å². The summed E-state index contributed by atoms with van der Waals surface area (Å²) in [5.74, 6) is 0. The maximum absolute atomic E-state index is 5.07. The van der Waals surface area contributed by atoms with Crippen LogP contribution in [0.1, 0.15) is 19.8 Å². The van der Waals surface area contributed by atoms with Crippen molar-refractivity contribution in [2.45, 2.75) is 19.8 Å². The van der Waals surface area contributed by atoms with E-state index in [0.29, 0.717) is 0 Å². The molecule has 0 aliphatic heterocycles. The van der Waals surface area contributed by atoms with Crippen LogP contribution in [0.2, 0.25) is 0 Å². The molecule has 0 atom stereocenters. The van der Waals surface area contributed by atoms with Gasteiger partial charge in [0.05, 0.1) is 0 Å². The van der Waals surface area contributed by atoms with Crippen LogP contribution in [0.5, 0.6) is 0 Å². The number of allylic oxidation sites excluding steroid dienone is 1. The minimum absolute atomic E-state index is 1.03. The lowest BCUT2D eigenvalue weighted by Crippen LogP contribution is -2.05. The van der Waals surface area contributed by atoms with Crippen LogP contribution in [0, 0.1) is 6.92 Å². The van der Waals surface area contributed by atoms with Gasteiger partial charge in [-0.25, -0.2) is 0 Å². The number of unbranched alkanes of at least 4 members (excludes halogenated alkanes) is 1. The third-order valence-corrected chi connectivity index (χ3v) is 0.889. The lowest BCUT2D eigenvalue weighted by Gasteiger charge is -1.94. The van der Waals surface area contributed by atoms with Gasteiger partial charge in [-0.3, -0.25) is 0 Å². The van der Waals surface area contributed by atoms with E-state index in [1.54, 1.807) is 6.20 Å². The normalized spacial score (nSPS) is 10.2. The van der Waals surface area contributed by atoms with Gasteiger partial charge in [-0.1, -0.05) is 19.4 Å². The summed E-state index contributed by atoms with van der Waals surface area (Å²) in [6, 6.07) is 0. The number of rotatable bonds is 4. The molecule has 2 radical (unpaired) electrons. The molecule has 0 aliphatic rings. The first kappa shape index (κ1) is 7.54. The van der Waals surface area contributed by atoms with E-state index in [1.165, 1.54) is 18.9 Å². The van der Waals surface area contributed by atoms with Crippen LogP contribution in [0.3, 0.4) is 0 Å². The molecule has 0 aromatic carbocycles. The Morgan fingerprint density at radius 2 is 2.38 bits per heavy atom. The SMILES string of the molecule is [CH]/C=C/NCCCC. The summed E-state index contributed by atoms with van der Waals surface area (Å²) in [5, 5.41) is 3.03. The molecule has 1 N–H and O–H groups in total. The first-order valence-corrected chi connectivity index (χ1v) is 3.02. The Morgan fingerprint density at radius 3 is 2.88 bits per heavy atom. The maximum Gasteiger partial charge on any atom is 0.0141 e. The second-order valence-electron chi connectivity index (χ2n) is 1.67. The van der Waals surface area contributed by atoms with Crippen molar-refractivity contribution in [3.05, 3.63) is 19.2 Å². The highest BCUT2D eigenvalue weighted by molar-refractivity contribution is 4.80. The second-order valence-corrected chi connectivity index (χ2v) is 1.67. The monoisotopic (exact) mass is 111 g/mol. The molecule has 0 aromatic rings. The summed E-state index contributed by atoms with van der Waals surface area (Å²) in [6.07, 6.45) is 5.71. The molecule has 0 aliphatic carbocycles. The predicted molar refractivity (Wildman–Crippen MR) is 36.4 cm³/mol. The van der Waals surface area contributed by atoms with Crippen LogP contribution in [-0.4, -0.2) is 6.54 Å². The van der Waals surface area contributed by atoms with Gasteiger partial charge in [0.2, 0.25) is 0 Å². The molecule has 8 heavy (non-hydrogen) atoms. The molecule has 1 nitrogen and oxygen atoms in total. The Bertz CT molecular complexity index is 57.4. The first-order chi connectivity index (χ1) is 3.91. The summed E-state index contributed by atoms with van der Waals surface area (Å²) < 4.78 is 0. The lowest BCUT2D eigenvalue weighted by atomic mass is 10.3. The Morgan fingerprint density at radius 1 is 1.62 bits per heavy atom. The average molecular weight is 111 g/mol. The van der Waals surface area contributed by atoms with Crippen molar-refractivity contribution in [1.82, 2.24) is 5.32 Å². The number of hydrogen-bond acceptors (Lipinski definition) is 1. The molecule has 0 fully saturated rings. The molecule has 0 aromatic heterocycles. The van der Waals surface area contributed by atoms with Crippen molar-refractivity contribution >= 4 is 0 Å². The van der Waals surface area contributed by atoms with Gasteiger partial charge >= 0.3 is 0 Å². The molecule has 0 saturated heterocycles. The van der Waals surface area contributed by atoms with Gasteiger partial charge in [-0.15, -0.1) is 0 Å². The fraction of sp³-hybridized carbons (Fsp3) is 0.571. The van der Waals surface area contributed by atoms with Gasteiger partial charge in [0.15, 0.2) is 0 Å². The standard InChI is InChI=1S/C7H13N/c1-3-5-7-8-6-4-2/h2,4,6,8H,3,5,7H2,1H3/b6-4+. The minimum atomic E-state index is 1.03. The summed E-state index contributed by atoms with van der Waals surface area (Å²) in [4.78, 5) is 0. The Hall–Kier alpha value is -0.460. The van der Waals surface area contributed by atoms with E-state index in [-0.39, 0.29) is 0 Å². The summed E-state index contributed by atoms with van der Waals surface area (Å²) in [5.41, 5.74) is 0. The molecule has 0 spiro atoms. The molecule has 0 heterocycles. The topological polar surface area (TPSA) is 12.0 Å². The van der Waals surface area contributed by atoms with E-state index in [0.717, 1.165) is 6.54 Å². The largest absolute Gasteiger partial charge is 0.391 e. The molecule has 46 valence electrons. The Balaban J connectivity index is 2.72. The van der Waals surface area contributed by atoms with Gasteiger partial charge in [-0.05, 0) is 19.5 Å². The molecule has 0 bridgehead atoms. The maximum atomic E-state index is 5.07. The summed E-state index contributed by atoms with van der Waals surface area (Å²) >= 11 is 0. The fourth-order valence-electron chi connectivity index (χ4n) is 0.430. The number of hydrogen-bond donors (Lipinski definition) is 1. The summed E-state index contributed by atoms with van der Waals surface area (Å²) in [6.45, 7) is 8.26. The predicted octanol–water partition coefficient (Wildman–Crippen LogP) is 1.60. The van der Waals surface area contributed by atoms with E-state index >= 15 is 0 Å². The quantitative estimate of drug-likeness (QED) is 0.543. The van der Waals surface area contributed by atoms with Crippen molar-refractivity contribution in [3.8, 4) is 0 Å². The van der Waals surface area contributed by atoms with Gasteiger partial charge in [0, 0.05) is 6.54 Å². The van der Waals surface area contributed by atoms with Crippen LogP contribution >= 0.6 is 0 Å². The lowest BCUT2D eigenvalue weighted by molar-refractivity contribution is 0.735. The van der Waals surface area contributed by atoms with Gasteiger partial charge in [0.1, 0.15) is 0 Å². The molecular weight excluding hydrogens is 98.1 g/mol. The van der Waals surface area contributed by atoms with Crippen LogP contribution in [0.15, 0.2) is 12.3 Å². The fourth-order valence-corrected chi connectivity index (χ4v) is 0.430. The Labute approximate surface area is 51.8 Å². The zero-order valence-electron chi connectivity index (χ0n) is 5.35. The van der Waals surface area contributed by atoms with Crippen LogP contribution in [0.25, 0.3) is 0 Å². The van der Waals surface area contributed by atoms with E-state index in [9.17, 15) is 0 Å². The third-order valence-electron chi connectivity index (χ3n) is 0.889. The molecule has 0 amide bonds. The third kappa shape index (κ3) is 5.54. The second kappa shape index (κ2) is 6.54. The summed E-state index contributed by atoms with van der Waals surface area (Å²) in [7, 11) is 0. The highest BCUT2D eigenvalue weighted by atomic mass is 14.8. The number of nitrogens with one attached hydrogen (secondary N) is 1. The van der Waals surface area contributed by atoms with Crippen molar-refractivity contribution in [2.24, 2.45) is 0 Å². The molecule has 0 rings (SSSR count). The smallest absolute Gasteiger partial charge is 0.0141 e. The van der Waals surface area contributed by atoms with Crippen molar-refractivity contribution < 1.29 is 0 Å². The molecule has 1 heteroatoms. The van der Waals surface area contributed by atoms with Gasteiger partial charge in [-0.2, -0.15) is 0 Å². The molecular formula is C7H13N. The molecule has 0 unspecified atom stereocenters. The van der Waals surface area contributed by atoms with Crippen molar-refractivity contribution in [3.63, 3.8) is 0 Å². The van der Waals surface area contributed by atoms with E-state index in [2.05, 4.69) is 12.2 Å². The van der Waals surface area contributed by atoms with Gasteiger partial charge in [0.25, 0.3) is 0 Å². The minimum Gasteiger partial charge on any atom is -0.391 e. The highest BCUT2D eigenvalue weighted by Gasteiger charge is 1.75. The Kier molecular flexibility index (Phi) is 6.16. The molecule has 0 saturated carbocycles. The zero-order valence-corrected chi connectivity index (χ0v) is 5.35. The van der Waals surface area contributed by atoms with Crippen LogP contribution in [0.4, 0.5) is 0 Å². The van der Waals surface area contributed by atoms with Crippen LogP contribution < -0.4 is 5.32 Å². The van der Waals surface area contributed by atoms with E-state index in [4.69, 9.17) is 6.92 Å².